The van der Waals surface area contributed by atoms with Crippen molar-refractivity contribution in [2.75, 3.05) is 11.4 Å². The molecule has 0 radical (unpaired) electrons. The van der Waals surface area contributed by atoms with Crippen LogP contribution in [0.1, 0.15) is 16.1 Å². The van der Waals surface area contributed by atoms with E-state index in [2.05, 4.69) is 22.0 Å². The van der Waals surface area contributed by atoms with E-state index in [0.717, 1.165) is 28.7 Å². The van der Waals surface area contributed by atoms with Gasteiger partial charge < -0.3 is 10.0 Å². The Morgan fingerprint density at radius 3 is 3.05 bits per heavy atom. The molecular formula is C14H14N2O2S. The van der Waals surface area contributed by atoms with Crippen LogP contribution in [0.5, 0.6) is 0 Å². The lowest BCUT2D eigenvalue weighted by Gasteiger charge is -2.15. The Balaban J connectivity index is 1.94. The molecule has 0 saturated carbocycles. The Kier molecular flexibility index (Phi) is 2.98. The Hall–Kier alpha value is -1.88. The minimum atomic E-state index is -0.805. The van der Waals surface area contributed by atoms with Gasteiger partial charge in [0.05, 0.1) is 12.1 Å². The van der Waals surface area contributed by atoms with Crippen LogP contribution < -0.4 is 4.90 Å². The standard InChI is InChI=1S/C14H14N2O2S/c1-9-12(8-13(17)18)19-14(15-9)16-7-6-10-4-2-3-5-11(10)16/h2-5H,6-8H2,1H3,(H,17,18). The van der Waals surface area contributed by atoms with Crippen LogP contribution in [0.2, 0.25) is 0 Å². The number of benzene rings is 1. The second kappa shape index (κ2) is 4.66. The van der Waals surface area contributed by atoms with Crippen LogP contribution in [0.4, 0.5) is 10.8 Å². The molecular weight excluding hydrogens is 260 g/mol. The maximum absolute atomic E-state index is 10.8. The van der Waals surface area contributed by atoms with E-state index in [-0.39, 0.29) is 6.42 Å². The number of fused-ring (bicyclic) bond motifs is 1. The highest BCUT2D eigenvalue weighted by atomic mass is 32.1. The number of carbonyl (C=O) groups is 1. The quantitative estimate of drug-likeness (QED) is 0.935. The molecule has 1 N–H and O–H groups in total. The molecule has 19 heavy (non-hydrogen) atoms. The van der Waals surface area contributed by atoms with Crippen LogP contribution in [0.15, 0.2) is 24.3 Å². The average molecular weight is 274 g/mol. The molecule has 1 aromatic carbocycles. The van der Waals surface area contributed by atoms with Gasteiger partial charge in [0.2, 0.25) is 0 Å². The second-order valence-corrected chi connectivity index (χ2v) is 5.67. The number of carboxylic acid groups (broad SMARTS) is 1. The zero-order valence-electron chi connectivity index (χ0n) is 10.6. The van der Waals surface area contributed by atoms with E-state index < -0.39 is 5.97 Å². The lowest BCUT2D eigenvalue weighted by Crippen LogP contribution is -2.12. The number of para-hydroxylation sites is 1. The normalized spacial score (nSPS) is 13.6. The number of hydrogen-bond acceptors (Lipinski definition) is 4. The topological polar surface area (TPSA) is 53.4 Å². The van der Waals surface area contributed by atoms with E-state index in [9.17, 15) is 4.79 Å². The Morgan fingerprint density at radius 2 is 2.26 bits per heavy atom. The van der Waals surface area contributed by atoms with Gasteiger partial charge >= 0.3 is 5.97 Å². The Morgan fingerprint density at radius 1 is 1.47 bits per heavy atom. The SMILES string of the molecule is Cc1nc(N2CCc3ccccc32)sc1CC(=O)O. The molecule has 98 valence electrons. The van der Waals surface area contributed by atoms with Gasteiger partial charge in [-0.3, -0.25) is 4.79 Å². The van der Waals surface area contributed by atoms with Crippen LogP contribution in [0.25, 0.3) is 0 Å². The fourth-order valence-electron chi connectivity index (χ4n) is 2.37. The summed E-state index contributed by atoms with van der Waals surface area (Å²) in [5.41, 5.74) is 3.35. The first kappa shape index (κ1) is 12.2. The minimum Gasteiger partial charge on any atom is -0.481 e. The van der Waals surface area contributed by atoms with Crippen LogP contribution in [0.3, 0.4) is 0 Å². The molecule has 0 saturated heterocycles. The number of nitrogens with zero attached hydrogens (tertiary/aromatic N) is 2. The van der Waals surface area contributed by atoms with E-state index in [1.807, 2.05) is 19.1 Å². The zero-order valence-corrected chi connectivity index (χ0v) is 11.4. The van der Waals surface area contributed by atoms with Gasteiger partial charge in [0.15, 0.2) is 5.13 Å². The van der Waals surface area contributed by atoms with E-state index in [1.54, 1.807) is 0 Å². The molecule has 0 aliphatic carbocycles. The summed E-state index contributed by atoms with van der Waals surface area (Å²) >= 11 is 1.48. The highest BCUT2D eigenvalue weighted by Gasteiger charge is 2.23. The van der Waals surface area contributed by atoms with Crippen molar-refractivity contribution in [1.29, 1.82) is 0 Å². The summed E-state index contributed by atoms with van der Waals surface area (Å²) in [6.45, 7) is 2.79. The molecule has 2 aromatic rings. The van der Waals surface area contributed by atoms with Gasteiger partial charge in [-0.1, -0.05) is 18.2 Å². The maximum atomic E-state index is 10.8. The van der Waals surface area contributed by atoms with Crippen molar-refractivity contribution in [2.24, 2.45) is 0 Å². The fraction of sp³-hybridized carbons (Fsp3) is 0.286. The van der Waals surface area contributed by atoms with E-state index in [1.165, 1.54) is 22.6 Å². The number of aryl methyl sites for hydroxylation is 1. The molecule has 0 amide bonds. The first-order valence-electron chi connectivity index (χ1n) is 6.18. The van der Waals surface area contributed by atoms with E-state index >= 15 is 0 Å². The van der Waals surface area contributed by atoms with Gasteiger partial charge in [0, 0.05) is 17.1 Å². The smallest absolute Gasteiger partial charge is 0.308 e. The number of carboxylic acids is 1. The van der Waals surface area contributed by atoms with Crippen molar-refractivity contribution < 1.29 is 9.90 Å². The molecule has 0 bridgehead atoms. The van der Waals surface area contributed by atoms with Crippen LogP contribution in [-0.2, 0) is 17.6 Å². The molecule has 2 heterocycles. The summed E-state index contributed by atoms with van der Waals surface area (Å²) in [5.74, 6) is -0.805. The molecule has 1 aromatic heterocycles. The van der Waals surface area contributed by atoms with Gasteiger partial charge in [0.25, 0.3) is 0 Å². The van der Waals surface area contributed by atoms with E-state index in [4.69, 9.17) is 5.11 Å². The lowest BCUT2D eigenvalue weighted by molar-refractivity contribution is -0.136. The zero-order chi connectivity index (χ0) is 13.4. The van der Waals surface area contributed by atoms with Crippen molar-refractivity contribution in [1.82, 2.24) is 4.98 Å². The number of aliphatic carboxylic acids is 1. The third kappa shape index (κ3) is 2.21. The molecule has 0 atom stereocenters. The van der Waals surface area contributed by atoms with Crippen molar-refractivity contribution in [3.8, 4) is 0 Å². The largest absolute Gasteiger partial charge is 0.481 e. The lowest BCUT2D eigenvalue weighted by atomic mass is 10.2. The highest BCUT2D eigenvalue weighted by Crippen LogP contribution is 2.37. The van der Waals surface area contributed by atoms with E-state index in [0.29, 0.717) is 0 Å². The molecule has 0 unspecified atom stereocenters. The minimum absolute atomic E-state index is 0.0546. The first-order chi connectivity index (χ1) is 9.15. The van der Waals surface area contributed by atoms with Crippen molar-refractivity contribution in [3.63, 3.8) is 0 Å². The van der Waals surface area contributed by atoms with Crippen LogP contribution >= 0.6 is 11.3 Å². The number of aromatic nitrogens is 1. The van der Waals surface area contributed by atoms with Gasteiger partial charge in [0.1, 0.15) is 0 Å². The van der Waals surface area contributed by atoms with Gasteiger partial charge in [-0.15, -0.1) is 11.3 Å². The number of rotatable bonds is 3. The summed E-state index contributed by atoms with van der Waals surface area (Å²) in [6.07, 6.45) is 1.07. The molecule has 0 spiro atoms. The Labute approximate surface area is 115 Å². The molecule has 5 heteroatoms. The first-order valence-corrected chi connectivity index (χ1v) is 7.00. The van der Waals surface area contributed by atoms with Gasteiger partial charge in [-0.25, -0.2) is 4.98 Å². The number of anilines is 2. The monoisotopic (exact) mass is 274 g/mol. The molecule has 1 aliphatic heterocycles. The average Bonchev–Trinajstić information content (AvgIpc) is 2.93. The third-order valence-corrected chi connectivity index (χ3v) is 4.49. The summed E-state index contributed by atoms with van der Waals surface area (Å²) in [4.78, 5) is 18.4. The highest BCUT2D eigenvalue weighted by molar-refractivity contribution is 7.15. The summed E-state index contributed by atoms with van der Waals surface area (Å²) in [6, 6.07) is 8.30. The van der Waals surface area contributed by atoms with Crippen LogP contribution in [0, 0.1) is 6.92 Å². The maximum Gasteiger partial charge on any atom is 0.308 e. The van der Waals surface area contributed by atoms with Gasteiger partial charge in [-0.05, 0) is 25.0 Å². The van der Waals surface area contributed by atoms with Crippen molar-refractivity contribution >= 4 is 28.1 Å². The van der Waals surface area contributed by atoms with Crippen LogP contribution in [-0.4, -0.2) is 22.6 Å². The van der Waals surface area contributed by atoms with Gasteiger partial charge in [-0.2, -0.15) is 0 Å². The number of hydrogen-bond donors (Lipinski definition) is 1. The van der Waals surface area contributed by atoms with Crippen molar-refractivity contribution in [2.45, 2.75) is 19.8 Å². The molecule has 3 rings (SSSR count). The van der Waals surface area contributed by atoms with Crippen molar-refractivity contribution in [3.05, 3.63) is 40.4 Å². The Bertz CT molecular complexity index is 636. The second-order valence-electron chi connectivity index (χ2n) is 4.61. The molecule has 0 fully saturated rings. The molecule has 1 aliphatic rings. The summed E-state index contributed by atoms with van der Waals surface area (Å²) in [7, 11) is 0. The predicted octanol–water partition coefficient (Wildman–Crippen LogP) is 2.77. The number of thiazole rings is 1. The summed E-state index contributed by atoms with van der Waals surface area (Å²) in [5, 5.41) is 9.79. The fourth-order valence-corrected chi connectivity index (χ4v) is 3.46. The molecule has 4 nitrogen and oxygen atoms in total. The predicted molar refractivity (Wildman–Crippen MR) is 75.3 cm³/mol. The summed E-state index contributed by atoms with van der Waals surface area (Å²) < 4.78 is 0. The third-order valence-electron chi connectivity index (χ3n) is 3.31.